The molecule has 0 saturated carbocycles. The monoisotopic (exact) mass is 506 g/mol. The maximum atomic E-state index is 12.9. The van der Waals surface area contributed by atoms with Crippen molar-refractivity contribution in [3.63, 3.8) is 0 Å². The molecule has 2 heterocycles. The first-order chi connectivity index (χ1) is 15.8. The van der Waals surface area contributed by atoms with E-state index in [1.165, 1.54) is 24.3 Å². The number of quaternary nitrogens is 1. The van der Waals surface area contributed by atoms with Gasteiger partial charge in [-0.2, -0.15) is 41.4 Å². The van der Waals surface area contributed by atoms with E-state index < -0.39 is 39.7 Å². The number of nitrogens with zero attached hydrogens (tertiary/aromatic N) is 4. The summed E-state index contributed by atoms with van der Waals surface area (Å²) in [5, 5.41) is 11.2. The maximum absolute atomic E-state index is 12.9. The summed E-state index contributed by atoms with van der Waals surface area (Å²) in [5.41, 5.74) is -2.91. The summed E-state index contributed by atoms with van der Waals surface area (Å²) in [4.78, 5) is 7.56. The molecular formula is C18H14F6N7O2S+. The van der Waals surface area contributed by atoms with E-state index in [0.717, 1.165) is 23.8 Å². The van der Waals surface area contributed by atoms with E-state index in [0.29, 0.717) is 16.8 Å². The number of sulfonamides is 1. The number of aromatic nitrogens is 4. The molecule has 0 radical (unpaired) electrons. The van der Waals surface area contributed by atoms with Gasteiger partial charge in [0, 0.05) is 12.3 Å². The predicted molar refractivity (Wildman–Crippen MR) is 106 cm³/mol. The lowest BCUT2D eigenvalue weighted by atomic mass is 10.3. The van der Waals surface area contributed by atoms with Crippen LogP contribution in [-0.2, 0) is 16.2 Å². The average molecular weight is 506 g/mol. The third-order valence-corrected chi connectivity index (χ3v) is 5.31. The molecule has 0 amide bonds. The van der Waals surface area contributed by atoms with Crippen LogP contribution in [0, 0.1) is 5.41 Å². The van der Waals surface area contributed by atoms with Crippen LogP contribution >= 0.6 is 0 Å². The van der Waals surface area contributed by atoms with Crippen LogP contribution in [0.15, 0.2) is 65.8 Å². The standard InChI is InChI=1S/C18H13F6N7O2S/c19-17(20,21)12(25)6-8-26-14-10-15(31-9-7-13(29-31)18(22,23)24)28-16(27-14)30-34(32,33)11-4-2-1-3-5-11/h1-10,25H,(H2,26,27,28,30)/p+1/b8-6-,25-12?. The summed E-state index contributed by atoms with van der Waals surface area (Å²) in [6.45, 7) is 0. The van der Waals surface area contributed by atoms with Gasteiger partial charge in [-0.15, -0.1) is 0 Å². The zero-order chi connectivity index (χ0) is 25.1. The molecule has 0 atom stereocenters. The molecule has 16 heteroatoms. The van der Waals surface area contributed by atoms with E-state index >= 15 is 0 Å². The smallest absolute Gasteiger partial charge is 0.296 e. The second-order valence-corrected chi connectivity index (χ2v) is 8.16. The lowest BCUT2D eigenvalue weighted by Gasteiger charge is -2.09. The molecule has 3 aromatic rings. The van der Waals surface area contributed by atoms with E-state index in [4.69, 9.17) is 5.41 Å². The SMILES string of the molecule is N=C(/C=C\[NH2+]c1cc(-n2ccc(C(F)(F)F)n2)nc(NS(=O)(=O)c2ccccc2)n1)C(F)(F)F. The van der Waals surface area contributed by atoms with Gasteiger partial charge in [-0.3, -0.25) is 10.7 Å². The zero-order valence-electron chi connectivity index (χ0n) is 16.6. The Balaban J connectivity index is 1.98. The van der Waals surface area contributed by atoms with Gasteiger partial charge in [-0.1, -0.05) is 18.2 Å². The van der Waals surface area contributed by atoms with Crippen LogP contribution in [0.2, 0.25) is 0 Å². The van der Waals surface area contributed by atoms with Crippen LogP contribution in [0.4, 0.5) is 38.1 Å². The Bertz CT molecular complexity index is 1320. The Kier molecular flexibility index (Phi) is 6.74. The third kappa shape index (κ3) is 6.16. The van der Waals surface area contributed by atoms with E-state index in [1.807, 2.05) is 0 Å². The average Bonchev–Trinajstić information content (AvgIpc) is 3.24. The van der Waals surface area contributed by atoms with Gasteiger partial charge < -0.3 is 0 Å². The minimum atomic E-state index is -4.89. The van der Waals surface area contributed by atoms with Crippen LogP contribution in [0.5, 0.6) is 0 Å². The highest BCUT2D eigenvalue weighted by Gasteiger charge is 2.34. The minimum absolute atomic E-state index is 0.161. The number of halogens is 6. The Hall–Kier alpha value is -3.79. The maximum Gasteiger partial charge on any atom is 0.435 e. The zero-order valence-corrected chi connectivity index (χ0v) is 17.4. The first-order valence-electron chi connectivity index (χ1n) is 9.03. The van der Waals surface area contributed by atoms with Crippen molar-refractivity contribution in [3.05, 3.63) is 66.6 Å². The number of anilines is 1. The van der Waals surface area contributed by atoms with Gasteiger partial charge in [0.1, 0.15) is 11.9 Å². The molecule has 180 valence electrons. The van der Waals surface area contributed by atoms with Crippen molar-refractivity contribution < 1.29 is 40.1 Å². The number of hydrogen-bond acceptors (Lipinski definition) is 6. The highest BCUT2D eigenvalue weighted by atomic mass is 32.2. The number of benzene rings is 1. The second-order valence-electron chi connectivity index (χ2n) is 6.47. The van der Waals surface area contributed by atoms with Gasteiger partial charge in [0.15, 0.2) is 11.5 Å². The molecule has 0 aliphatic carbocycles. The van der Waals surface area contributed by atoms with Crippen molar-refractivity contribution in [1.82, 2.24) is 19.7 Å². The first kappa shape index (κ1) is 24.8. The van der Waals surface area contributed by atoms with Gasteiger partial charge in [0.25, 0.3) is 10.0 Å². The van der Waals surface area contributed by atoms with Crippen molar-refractivity contribution in [1.29, 1.82) is 5.41 Å². The molecule has 0 spiro atoms. The van der Waals surface area contributed by atoms with Crippen LogP contribution < -0.4 is 10.0 Å². The van der Waals surface area contributed by atoms with Crippen molar-refractivity contribution in [2.45, 2.75) is 17.2 Å². The lowest BCUT2D eigenvalue weighted by Crippen LogP contribution is -2.71. The highest BCUT2D eigenvalue weighted by Crippen LogP contribution is 2.28. The summed E-state index contributed by atoms with van der Waals surface area (Å²) < 4.78 is 104. The summed E-state index contributed by atoms with van der Waals surface area (Å²) in [6.07, 6.45) is -7.49. The molecule has 2 aromatic heterocycles. The number of allylic oxidation sites excluding steroid dienone is 1. The van der Waals surface area contributed by atoms with E-state index in [9.17, 15) is 34.8 Å². The molecule has 9 nitrogen and oxygen atoms in total. The van der Waals surface area contributed by atoms with Crippen molar-refractivity contribution in [3.8, 4) is 5.82 Å². The second kappa shape index (κ2) is 9.22. The highest BCUT2D eigenvalue weighted by molar-refractivity contribution is 7.92. The molecule has 0 aliphatic rings. The quantitative estimate of drug-likeness (QED) is 0.335. The van der Waals surface area contributed by atoms with Crippen LogP contribution in [0.25, 0.3) is 5.82 Å². The molecular weight excluding hydrogens is 492 g/mol. The molecule has 0 saturated heterocycles. The molecule has 4 N–H and O–H groups in total. The van der Waals surface area contributed by atoms with Crippen LogP contribution in [0.3, 0.4) is 0 Å². The Morgan fingerprint density at radius 2 is 1.74 bits per heavy atom. The third-order valence-electron chi connectivity index (χ3n) is 3.96. The minimum Gasteiger partial charge on any atom is -0.296 e. The normalized spacial score (nSPS) is 12.8. The van der Waals surface area contributed by atoms with E-state index in [1.54, 1.807) is 6.07 Å². The summed E-state index contributed by atoms with van der Waals surface area (Å²) in [7, 11) is -4.20. The van der Waals surface area contributed by atoms with Gasteiger partial charge in [-0.25, -0.2) is 17.8 Å². The summed E-state index contributed by atoms with van der Waals surface area (Å²) >= 11 is 0. The number of alkyl halides is 6. The number of rotatable bonds is 7. The fourth-order valence-electron chi connectivity index (χ4n) is 2.42. The van der Waals surface area contributed by atoms with Gasteiger partial charge in [-0.05, 0) is 18.2 Å². The molecule has 0 fully saturated rings. The van der Waals surface area contributed by atoms with E-state index in [2.05, 4.69) is 19.8 Å². The first-order valence-corrected chi connectivity index (χ1v) is 10.5. The summed E-state index contributed by atoms with van der Waals surface area (Å²) in [5.74, 6) is -1.05. The number of hydrogen-bond donors (Lipinski definition) is 3. The summed E-state index contributed by atoms with van der Waals surface area (Å²) in [6, 6.07) is 8.74. The van der Waals surface area contributed by atoms with Gasteiger partial charge >= 0.3 is 12.4 Å². The Morgan fingerprint density at radius 3 is 2.32 bits per heavy atom. The largest absolute Gasteiger partial charge is 0.435 e. The predicted octanol–water partition coefficient (Wildman–Crippen LogP) is 2.77. The fraction of sp³-hybridized carbons (Fsp3) is 0.111. The molecule has 0 bridgehead atoms. The van der Waals surface area contributed by atoms with Crippen LogP contribution in [-0.4, -0.2) is 40.1 Å². The number of nitrogens with one attached hydrogen (secondary N) is 2. The van der Waals surface area contributed by atoms with Crippen molar-refractivity contribution in [2.24, 2.45) is 0 Å². The molecule has 1 aromatic carbocycles. The molecule has 0 aliphatic heterocycles. The lowest BCUT2D eigenvalue weighted by molar-refractivity contribution is -0.500. The molecule has 0 unspecified atom stereocenters. The number of nitrogens with two attached hydrogens (primary N) is 1. The molecule has 34 heavy (non-hydrogen) atoms. The Morgan fingerprint density at radius 1 is 1.06 bits per heavy atom. The Labute approximate surface area is 187 Å². The molecule has 3 rings (SSSR count). The van der Waals surface area contributed by atoms with E-state index in [-0.39, 0.29) is 16.5 Å². The van der Waals surface area contributed by atoms with Gasteiger partial charge in [0.2, 0.25) is 11.8 Å². The topological polar surface area (TPSA) is 130 Å². The van der Waals surface area contributed by atoms with Crippen LogP contribution in [0.1, 0.15) is 5.69 Å². The fourth-order valence-corrected chi connectivity index (χ4v) is 3.38. The van der Waals surface area contributed by atoms with Crippen molar-refractivity contribution >= 4 is 27.5 Å². The van der Waals surface area contributed by atoms with Crippen molar-refractivity contribution in [2.75, 3.05) is 4.72 Å². The van der Waals surface area contributed by atoms with Gasteiger partial charge in [0.05, 0.1) is 11.0 Å².